The quantitative estimate of drug-likeness (QED) is 0.0261. The van der Waals surface area contributed by atoms with Gasteiger partial charge in [0.15, 0.2) is 0 Å². The number of phosphoric ester groups is 1. The Hall–Kier alpha value is -0.500. The van der Waals surface area contributed by atoms with Crippen molar-refractivity contribution in [2.75, 3.05) is 54.1 Å². The first-order chi connectivity index (χ1) is 27.1. The number of likely N-dealkylation sites (N-methyl/N-ethyl adjacent to an activating group) is 1. The second-order valence-corrected chi connectivity index (χ2v) is 19.3. The minimum atomic E-state index is -4.51. The van der Waals surface area contributed by atoms with Crippen molar-refractivity contribution in [3.05, 3.63) is 0 Å². The van der Waals surface area contributed by atoms with Gasteiger partial charge in [-0.2, -0.15) is 0 Å². The number of hydrogen-bond acceptors (Lipinski definition) is 7. The summed E-state index contributed by atoms with van der Waals surface area (Å²) >= 11 is 0. The molecule has 0 aromatic rings. The fourth-order valence-corrected chi connectivity index (χ4v) is 7.87. The molecule has 8 nitrogen and oxygen atoms in total. The number of phosphoric acid groups is 1. The zero-order valence-corrected chi connectivity index (χ0v) is 39.0. The summed E-state index contributed by atoms with van der Waals surface area (Å²) in [5, 5.41) is 0. The summed E-state index contributed by atoms with van der Waals surface area (Å²) < 4.78 is 34.6. The normalized spacial score (nSPS) is 13.6. The van der Waals surface area contributed by atoms with Crippen LogP contribution in [0.1, 0.15) is 239 Å². The smallest absolute Gasteiger partial charge is 0.306 e. The highest BCUT2D eigenvalue weighted by molar-refractivity contribution is 7.45. The van der Waals surface area contributed by atoms with Crippen LogP contribution in [0.4, 0.5) is 0 Å². The standard InChI is InChI=1S/C47H96NO7P/c1-6-8-10-12-14-16-17-18-19-20-21-22-23-24-25-26-27-28-29-30-31-33-35-37-39-42-52-44-46(45-54-56(50,51)53-43-41-48(3,4)5)55-47(49)40-38-36-34-32-15-13-11-9-7-2/h46H,6-45H2,1-5H3. The molecule has 0 aromatic carbocycles. The molecule has 0 fully saturated rings. The van der Waals surface area contributed by atoms with Crippen LogP contribution >= 0.6 is 7.82 Å². The van der Waals surface area contributed by atoms with Gasteiger partial charge >= 0.3 is 5.97 Å². The van der Waals surface area contributed by atoms with Crippen LogP contribution in [-0.2, 0) is 27.9 Å². The van der Waals surface area contributed by atoms with E-state index in [1.54, 1.807) is 0 Å². The number of nitrogens with zero attached hydrogens (tertiary/aromatic N) is 1. The molecule has 9 heteroatoms. The van der Waals surface area contributed by atoms with Crippen molar-refractivity contribution in [3.8, 4) is 0 Å². The number of carbonyl (C=O) groups is 1. The Labute approximate surface area is 348 Å². The zero-order chi connectivity index (χ0) is 41.3. The van der Waals surface area contributed by atoms with Gasteiger partial charge in [0.05, 0.1) is 34.4 Å². The van der Waals surface area contributed by atoms with E-state index in [4.69, 9.17) is 18.5 Å². The van der Waals surface area contributed by atoms with Gasteiger partial charge in [0.1, 0.15) is 19.3 Å². The second kappa shape index (κ2) is 41.2. The van der Waals surface area contributed by atoms with Crippen LogP contribution in [0.5, 0.6) is 0 Å². The van der Waals surface area contributed by atoms with Crippen molar-refractivity contribution in [2.24, 2.45) is 0 Å². The molecule has 336 valence electrons. The van der Waals surface area contributed by atoms with Crippen molar-refractivity contribution in [2.45, 2.75) is 245 Å². The molecule has 0 aromatic heterocycles. The molecule has 0 heterocycles. The number of quaternary nitrogens is 1. The Kier molecular flexibility index (Phi) is 40.9. The second-order valence-electron chi connectivity index (χ2n) is 17.8. The van der Waals surface area contributed by atoms with E-state index < -0.39 is 13.9 Å². The van der Waals surface area contributed by atoms with Gasteiger partial charge in [0.25, 0.3) is 7.82 Å². The topological polar surface area (TPSA) is 94.1 Å². The Bertz CT molecular complexity index is 868. The zero-order valence-electron chi connectivity index (χ0n) is 38.1. The molecule has 0 aliphatic carbocycles. The lowest BCUT2D eigenvalue weighted by Crippen LogP contribution is -2.37. The molecule has 0 radical (unpaired) electrons. The summed E-state index contributed by atoms with van der Waals surface area (Å²) in [5.41, 5.74) is 0. The van der Waals surface area contributed by atoms with Gasteiger partial charge in [-0.15, -0.1) is 0 Å². The third-order valence-electron chi connectivity index (χ3n) is 10.9. The Morgan fingerprint density at radius 2 is 0.821 bits per heavy atom. The van der Waals surface area contributed by atoms with Crippen LogP contribution in [0, 0.1) is 0 Å². The van der Waals surface area contributed by atoms with E-state index in [0.717, 1.165) is 32.1 Å². The van der Waals surface area contributed by atoms with Gasteiger partial charge in [0.2, 0.25) is 0 Å². The minimum absolute atomic E-state index is 0.0312. The monoisotopic (exact) mass is 818 g/mol. The van der Waals surface area contributed by atoms with Crippen LogP contribution in [0.15, 0.2) is 0 Å². The van der Waals surface area contributed by atoms with E-state index in [1.165, 1.54) is 186 Å². The molecule has 0 amide bonds. The highest BCUT2D eigenvalue weighted by Crippen LogP contribution is 2.38. The molecule has 0 saturated carbocycles. The van der Waals surface area contributed by atoms with Gasteiger partial charge in [0, 0.05) is 13.0 Å². The molecule has 0 aliphatic heterocycles. The summed E-state index contributed by atoms with van der Waals surface area (Å²) in [6, 6.07) is 0. The average molecular weight is 818 g/mol. The number of esters is 1. The number of hydrogen-bond donors (Lipinski definition) is 0. The Morgan fingerprint density at radius 3 is 1.18 bits per heavy atom. The molecular weight excluding hydrogens is 721 g/mol. The molecule has 2 atom stereocenters. The van der Waals surface area contributed by atoms with E-state index in [-0.39, 0.29) is 25.8 Å². The van der Waals surface area contributed by atoms with Gasteiger partial charge in [-0.05, 0) is 12.8 Å². The third-order valence-corrected chi connectivity index (χ3v) is 11.9. The predicted molar refractivity (Wildman–Crippen MR) is 236 cm³/mol. The number of carbonyl (C=O) groups excluding carboxylic acids is 1. The lowest BCUT2D eigenvalue weighted by Gasteiger charge is -2.28. The lowest BCUT2D eigenvalue weighted by molar-refractivity contribution is -0.870. The Balaban J connectivity index is 3.93. The molecule has 0 N–H and O–H groups in total. The first-order valence-corrected chi connectivity index (χ1v) is 25.7. The fourth-order valence-electron chi connectivity index (χ4n) is 7.14. The highest BCUT2D eigenvalue weighted by atomic mass is 31.2. The lowest BCUT2D eigenvalue weighted by atomic mass is 10.0. The molecule has 56 heavy (non-hydrogen) atoms. The molecule has 0 bridgehead atoms. The van der Waals surface area contributed by atoms with Crippen molar-refractivity contribution >= 4 is 13.8 Å². The molecule has 0 aliphatic rings. The van der Waals surface area contributed by atoms with Crippen LogP contribution in [0.2, 0.25) is 0 Å². The van der Waals surface area contributed by atoms with Gasteiger partial charge < -0.3 is 27.9 Å². The molecule has 0 spiro atoms. The van der Waals surface area contributed by atoms with E-state index in [2.05, 4.69) is 13.8 Å². The van der Waals surface area contributed by atoms with Gasteiger partial charge in [-0.25, -0.2) is 0 Å². The molecule has 2 unspecified atom stereocenters. The molecule has 0 saturated heterocycles. The van der Waals surface area contributed by atoms with Crippen LogP contribution in [0.25, 0.3) is 0 Å². The largest absolute Gasteiger partial charge is 0.756 e. The van der Waals surface area contributed by atoms with E-state index >= 15 is 0 Å². The predicted octanol–water partition coefficient (Wildman–Crippen LogP) is 13.8. The maximum absolute atomic E-state index is 12.6. The van der Waals surface area contributed by atoms with Crippen LogP contribution in [0.3, 0.4) is 0 Å². The van der Waals surface area contributed by atoms with E-state index in [0.29, 0.717) is 24.1 Å². The summed E-state index contributed by atoms with van der Waals surface area (Å²) in [6.07, 6.45) is 44.3. The maximum atomic E-state index is 12.6. The maximum Gasteiger partial charge on any atom is 0.306 e. The SMILES string of the molecule is CCCCCCCCCCCCCCCCCCCCCCCCCCCOCC(COP(=O)([O-])OCC[N+](C)(C)C)OC(=O)CCCCCCCCCCC. The van der Waals surface area contributed by atoms with Crippen LogP contribution in [-0.4, -0.2) is 70.7 Å². The van der Waals surface area contributed by atoms with E-state index in [9.17, 15) is 14.3 Å². The van der Waals surface area contributed by atoms with E-state index in [1.807, 2.05) is 21.1 Å². The summed E-state index contributed by atoms with van der Waals surface area (Å²) in [5.74, 6) is -0.332. The summed E-state index contributed by atoms with van der Waals surface area (Å²) in [6.45, 7) is 5.45. The number of rotatable bonds is 46. The van der Waals surface area contributed by atoms with Gasteiger partial charge in [-0.1, -0.05) is 219 Å². The first-order valence-electron chi connectivity index (χ1n) is 24.3. The van der Waals surface area contributed by atoms with Crippen LogP contribution < -0.4 is 4.89 Å². The number of ether oxygens (including phenoxy) is 2. The highest BCUT2D eigenvalue weighted by Gasteiger charge is 2.20. The first kappa shape index (κ1) is 55.5. The van der Waals surface area contributed by atoms with Crippen molar-refractivity contribution in [3.63, 3.8) is 0 Å². The summed E-state index contributed by atoms with van der Waals surface area (Å²) in [4.78, 5) is 25.0. The summed E-state index contributed by atoms with van der Waals surface area (Å²) in [7, 11) is 1.37. The van der Waals surface area contributed by atoms with Crippen molar-refractivity contribution in [1.82, 2.24) is 0 Å². The Morgan fingerprint density at radius 1 is 0.482 bits per heavy atom. The molecular formula is C47H96NO7P. The number of unbranched alkanes of at least 4 members (excludes halogenated alkanes) is 32. The third kappa shape index (κ3) is 44.6. The van der Waals surface area contributed by atoms with Gasteiger partial charge in [-0.3, -0.25) is 9.36 Å². The molecule has 0 rings (SSSR count). The van der Waals surface area contributed by atoms with Crippen molar-refractivity contribution < 1.29 is 37.3 Å². The van der Waals surface area contributed by atoms with Crippen molar-refractivity contribution in [1.29, 1.82) is 0 Å². The fraction of sp³-hybridized carbons (Fsp3) is 0.979. The average Bonchev–Trinajstić information content (AvgIpc) is 3.15. The minimum Gasteiger partial charge on any atom is -0.756 e.